The fourth-order valence-electron chi connectivity index (χ4n) is 3.27. The molecule has 20 heavy (non-hydrogen) atoms. The van der Waals surface area contributed by atoms with E-state index in [0.29, 0.717) is 6.04 Å². The molecule has 3 rings (SSSR count). The van der Waals surface area contributed by atoms with Crippen molar-refractivity contribution < 1.29 is 0 Å². The van der Waals surface area contributed by atoms with Crippen LogP contribution in [0.3, 0.4) is 0 Å². The van der Waals surface area contributed by atoms with Crippen molar-refractivity contribution in [1.29, 1.82) is 0 Å². The van der Waals surface area contributed by atoms with Gasteiger partial charge < -0.3 is 5.32 Å². The molecule has 1 N–H and O–H groups in total. The monoisotopic (exact) mass is 272 g/mol. The van der Waals surface area contributed by atoms with Gasteiger partial charge in [0.25, 0.3) is 0 Å². The molecule has 1 atom stereocenters. The van der Waals surface area contributed by atoms with Crippen LogP contribution in [0.25, 0.3) is 0 Å². The lowest BCUT2D eigenvalue weighted by Gasteiger charge is -2.30. The molecule has 1 saturated heterocycles. The van der Waals surface area contributed by atoms with E-state index in [1.807, 2.05) is 0 Å². The van der Waals surface area contributed by atoms with Gasteiger partial charge in [0.15, 0.2) is 0 Å². The Morgan fingerprint density at radius 3 is 2.50 bits per heavy atom. The van der Waals surface area contributed by atoms with Crippen molar-refractivity contribution >= 4 is 0 Å². The van der Waals surface area contributed by atoms with Crippen molar-refractivity contribution in [2.45, 2.75) is 57.5 Å². The maximum atomic E-state index is 3.66. The number of nitrogens with zero attached hydrogens (tertiary/aromatic N) is 1. The van der Waals surface area contributed by atoms with Crippen LogP contribution in [0.4, 0.5) is 0 Å². The van der Waals surface area contributed by atoms with Crippen molar-refractivity contribution in [2.24, 2.45) is 0 Å². The summed E-state index contributed by atoms with van der Waals surface area (Å²) in [5, 5.41) is 3.66. The van der Waals surface area contributed by atoms with Gasteiger partial charge in [-0.05, 0) is 55.8 Å². The molecule has 0 radical (unpaired) electrons. The van der Waals surface area contributed by atoms with E-state index in [2.05, 4.69) is 41.4 Å². The number of piperidine rings is 1. The van der Waals surface area contributed by atoms with E-state index in [1.165, 1.54) is 50.8 Å². The standard InChI is InChI=1S/C18H28N2/c1-2-20(14-18-5-3-4-12-19-18)13-15-6-8-16(9-7-15)17-10-11-17/h6-9,17-19H,2-5,10-14H2,1H3. The highest BCUT2D eigenvalue weighted by atomic mass is 15.1. The third-order valence-electron chi connectivity index (χ3n) is 4.77. The average Bonchev–Trinajstić information content (AvgIpc) is 3.33. The van der Waals surface area contributed by atoms with E-state index < -0.39 is 0 Å². The van der Waals surface area contributed by atoms with E-state index in [0.717, 1.165) is 19.0 Å². The first kappa shape index (κ1) is 14.1. The second-order valence-electron chi connectivity index (χ2n) is 6.49. The molecule has 0 bridgehead atoms. The van der Waals surface area contributed by atoms with Gasteiger partial charge in [0.2, 0.25) is 0 Å². The van der Waals surface area contributed by atoms with Gasteiger partial charge in [-0.25, -0.2) is 0 Å². The second kappa shape index (κ2) is 6.73. The highest BCUT2D eigenvalue weighted by molar-refractivity contribution is 5.28. The normalized spacial score (nSPS) is 23.2. The van der Waals surface area contributed by atoms with Gasteiger partial charge >= 0.3 is 0 Å². The molecule has 1 unspecified atom stereocenters. The smallest absolute Gasteiger partial charge is 0.0234 e. The Hall–Kier alpha value is -0.860. The van der Waals surface area contributed by atoms with Crippen molar-refractivity contribution in [3.8, 4) is 0 Å². The van der Waals surface area contributed by atoms with Gasteiger partial charge in [0.1, 0.15) is 0 Å². The molecule has 1 aliphatic carbocycles. The molecule has 0 aromatic heterocycles. The fraction of sp³-hybridized carbons (Fsp3) is 0.667. The Morgan fingerprint density at radius 2 is 1.90 bits per heavy atom. The number of hydrogen-bond acceptors (Lipinski definition) is 2. The topological polar surface area (TPSA) is 15.3 Å². The summed E-state index contributed by atoms with van der Waals surface area (Å²) in [6.07, 6.45) is 6.88. The highest BCUT2D eigenvalue weighted by Crippen LogP contribution is 2.39. The third-order valence-corrected chi connectivity index (χ3v) is 4.77. The van der Waals surface area contributed by atoms with Crippen LogP contribution in [0.1, 0.15) is 56.1 Å². The SMILES string of the molecule is CCN(Cc1ccc(C2CC2)cc1)CC1CCCCN1. The van der Waals surface area contributed by atoms with Gasteiger partial charge in [0, 0.05) is 19.1 Å². The van der Waals surface area contributed by atoms with Gasteiger partial charge in [-0.15, -0.1) is 0 Å². The van der Waals surface area contributed by atoms with E-state index in [4.69, 9.17) is 0 Å². The molecule has 110 valence electrons. The van der Waals surface area contributed by atoms with Crippen LogP contribution in [0, 0.1) is 0 Å². The van der Waals surface area contributed by atoms with E-state index in [1.54, 1.807) is 5.56 Å². The summed E-state index contributed by atoms with van der Waals surface area (Å²) in [4.78, 5) is 2.58. The van der Waals surface area contributed by atoms with Crippen molar-refractivity contribution in [3.05, 3.63) is 35.4 Å². The predicted octanol–water partition coefficient (Wildman–Crippen LogP) is 3.53. The molecular formula is C18H28N2. The number of hydrogen-bond donors (Lipinski definition) is 1. The van der Waals surface area contributed by atoms with Crippen LogP contribution < -0.4 is 5.32 Å². The summed E-state index contributed by atoms with van der Waals surface area (Å²) >= 11 is 0. The van der Waals surface area contributed by atoms with E-state index >= 15 is 0 Å². The van der Waals surface area contributed by atoms with Crippen LogP contribution >= 0.6 is 0 Å². The molecule has 2 heteroatoms. The van der Waals surface area contributed by atoms with Crippen LogP contribution in [-0.2, 0) is 6.54 Å². The summed E-state index contributed by atoms with van der Waals surface area (Å²) in [6, 6.07) is 10.1. The summed E-state index contributed by atoms with van der Waals surface area (Å²) in [6.45, 7) is 6.92. The quantitative estimate of drug-likeness (QED) is 0.852. The summed E-state index contributed by atoms with van der Waals surface area (Å²) in [5.41, 5.74) is 3.01. The zero-order valence-corrected chi connectivity index (χ0v) is 12.8. The lowest BCUT2D eigenvalue weighted by molar-refractivity contribution is 0.226. The van der Waals surface area contributed by atoms with Gasteiger partial charge in [-0.2, -0.15) is 0 Å². The van der Waals surface area contributed by atoms with Gasteiger partial charge in [-0.1, -0.05) is 37.6 Å². The predicted molar refractivity (Wildman–Crippen MR) is 85.0 cm³/mol. The molecule has 1 aromatic carbocycles. The van der Waals surface area contributed by atoms with Crippen molar-refractivity contribution in [1.82, 2.24) is 10.2 Å². The van der Waals surface area contributed by atoms with E-state index in [-0.39, 0.29) is 0 Å². The Balaban J connectivity index is 1.53. The average molecular weight is 272 g/mol. The zero-order chi connectivity index (χ0) is 13.8. The minimum Gasteiger partial charge on any atom is -0.313 e. The fourth-order valence-corrected chi connectivity index (χ4v) is 3.27. The van der Waals surface area contributed by atoms with E-state index in [9.17, 15) is 0 Å². The zero-order valence-electron chi connectivity index (χ0n) is 12.8. The molecule has 2 aliphatic rings. The molecule has 1 heterocycles. The molecule has 0 spiro atoms. The summed E-state index contributed by atoms with van der Waals surface area (Å²) in [5.74, 6) is 0.873. The van der Waals surface area contributed by atoms with Crippen molar-refractivity contribution in [3.63, 3.8) is 0 Å². The van der Waals surface area contributed by atoms with Crippen molar-refractivity contribution in [2.75, 3.05) is 19.6 Å². The minimum atomic E-state index is 0.703. The number of rotatable bonds is 6. The molecule has 2 fully saturated rings. The van der Waals surface area contributed by atoms with Gasteiger partial charge in [0.05, 0.1) is 0 Å². The number of likely N-dealkylation sites (N-methyl/N-ethyl adjacent to an activating group) is 1. The minimum absolute atomic E-state index is 0.703. The molecular weight excluding hydrogens is 244 g/mol. The second-order valence-corrected chi connectivity index (χ2v) is 6.49. The summed E-state index contributed by atoms with van der Waals surface area (Å²) in [7, 11) is 0. The molecule has 2 nitrogen and oxygen atoms in total. The summed E-state index contributed by atoms with van der Waals surface area (Å²) < 4.78 is 0. The lowest BCUT2D eigenvalue weighted by Crippen LogP contribution is -2.43. The number of nitrogens with one attached hydrogen (secondary N) is 1. The van der Waals surface area contributed by atoms with Gasteiger partial charge in [-0.3, -0.25) is 4.90 Å². The van der Waals surface area contributed by atoms with Crippen LogP contribution in [0.15, 0.2) is 24.3 Å². The lowest BCUT2D eigenvalue weighted by atomic mass is 10.0. The Labute approximate surface area is 123 Å². The maximum Gasteiger partial charge on any atom is 0.0234 e. The first-order valence-corrected chi connectivity index (χ1v) is 8.39. The van der Waals surface area contributed by atoms with Crippen LogP contribution in [0.2, 0.25) is 0 Å². The van der Waals surface area contributed by atoms with Crippen LogP contribution in [0.5, 0.6) is 0 Å². The Bertz CT molecular complexity index is 402. The largest absolute Gasteiger partial charge is 0.313 e. The maximum absolute atomic E-state index is 3.66. The third kappa shape index (κ3) is 3.83. The Morgan fingerprint density at radius 1 is 1.10 bits per heavy atom. The Kier molecular flexibility index (Phi) is 4.74. The number of benzene rings is 1. The molecule has 0 amide bonds. The molecule has 1 saturated carbocycles. The first-order chi connectivity index (χ1) is 9.85. The highest BCUT2D eigenvalue weighted by Gasteiger charge is 2.23. The molecule has 1 aliphatic heterocycles. The van der Waals surface area contributed by atoms with Crippen LogP contribution in [-0.4, -0.2) is 30.6 Å². The first-order valence-electron chi connectivity index (χ1n) is 8.39. The molecule has 1 aromatic rings.